The van der Waals surface area contributed by atoms with Gasteiger partial charge in [-0.25, -0.2) is 0 Å². The van der Waals surface area contributed by atoms with Crippen LogP contribution in [0.15, 0.2) is 0 Å². The number of aliphatic hydroxyl groups excluding tert-OH is 1. The van der Waals surface area contributed by atoms with E-state index in [4.69, 9.17) is 14.2 Å². The first-order valence-electron chi connectivity index (χ1n) is 16.4. The monoisotopic (exact) mass is 575 g/mol. The van der Waals surface area contributed by atoms with Gasteiger partial charge in [-0.3, -0.25) is 0 Å². The van der Waals surface area contributed by atoms with Crippen molar-refractivity contribution in [3.05, 3.63) is 0 Å². The van der Waals surface area contributed by atoms with Crippen molar-refractivity contribution in [2.75, 3.05) is 19.8 Å². The maximum absolute atomic E-state index is 11.2. The van der Waals surface area contributed by atoms with Gasteiger partial charge in [-0.1, -0.05) is 61.8 Å². The maximum atomic E-state index is 11.2. The van der Waals surface area contributed by atoms with Gasteiger partial charge in [0, 0.05) is 11.8 Å². The molecule has 0 saturated carbocycles. The lowest BCUT2D eigenvalue weighted by Gasteiger charge is -2.46. The van der Waals surface area contributed by atoms with Gasteiger partial charge in [-0.2, -0.15) is 0 Å². The highest BCUT2D eigenvalue weighted by Gasteiger charge is 2.44. The van der Waals surface area contributed by atoms with Crippen LogP contribution in [0.2, 0.25) is 0 Å². The molecule has 0 aromatic heterocycles. The molecule has 0 bridgehead atoms. The smallest absolute Gasteiger partial charge is 0.0745 e. The van der Waals surface area contributed by atoms with E-state index in [1.165, 1.54) is 0 Å². The van der Waals surface area contributed by atoms with Gasteiger partial charge in [-0.15, -0.1) is 0 Å². The largest absolute Gasteiger partial charge is 0.391 e. The Balaban J connectivity index is 6.12. The Morgan fingerprint density at radius 3 is 1.43 bits per heavy atom. The van der Waals surface area contributed by atoms with Gasteiger partial charge in [0.2, 0.25) is 0 Å². The van der Waals surface area contributed by atoms with Crippen LogP contribution in [0.25, 0.3) is 0 Å². The molecular weight excluding hydrogens is 504 g/mol. The van der Waals surface area contributed by atoms with Crippen molar-refractivity contribution >= 4 is 0 Å². The van der Waals surface area contributed by atoms with E-state index in [-0.39, 0.29) is 24.4 Å². The van der Waals surface area contributed by atoms with Crippen molar-refractivity contribution in [1.82, 2.24) is 0 Å². The van der Waals surface area contributed by atoms with Crippen LogP contribution in [0, 0.1) is 17.8 Å². The van der Waals surface area contributed by atoms with Gasteiger partial charge in [0.15, 0.2) is 0 Å². The fourth-order valence-electron chi connectivity index (χ4n) is 5.52. The molecule has 0 saturated heterocycles. The van der Waals surface area contributed by atoms with Gasteiger partial charge in [0.1, 0.15) is 0 Å². The summed E-state index contributed by atoms with van der Waals surface area (Å²) in [6.07, 6.45) is 6.60. The molecule has 0 radical (unpaired) electrons. The van der Waals surface area contributed by atoms with Gasteiger partial charge in [-0.05, 0) is 91.9 Å². The second kappa shape index (κ2) is 17.2. The third kappa shape index (κ3) is 12.2. The van der Waals surface area contributed by atoms with Crippen LogP contribution in [-0.2, 0) is 14.2 Å². The van der Waals surface area contributed by atoms with Crippen LogP contribution in [0.5, 0.6) is 0 Å². The van der Waals surface area contributed by atoms with Crippen LogP contribution >= 0.6 is 0 Å². The Hall–Kier alpha value is -0.240. The van der Waals surface area contributed by atoms with E-state index in [2.05, 4.69) is 69.2 Å². The Morgan fingerprint density at radius 2 is 1.07 bits per heavy atom. The van der Waals surface area contributed by atoms with Crippen molar-refractivity contribution in [1.29, 1.82) is 0 Å². The van der Waals surface area contributed by atoms with E-state index in [0.29, 0.717) is 26.1 Å². The van der Waals surface area contributed by atoms with Gasteiger partial charge < -0.3 is 29.5 Å². The van der Waals surface area contributed by atoms with E-state index >= 15 is 0 Å². The summed E-state index contributed by atoms with van der Waals surface area (Å²) >= 11 is 0. The highest BCUT2D eigenvalue weighted by molar-refractivity contribution is 4.94. The number of hydrogen-bond acceptors (Lipinski definition) is 6. The van der Waals surface area contributed by atoms with E-state index < -0.39 is 34.1 Å². The van der Waals surface area contributed by atoms with Gasteiger partial charge in [0.25, 0.3) is 0 Å². The molecular formula is C34H70O6. The Bertz CT molecular complexity index is 683. The lowest BCUT2D eigenvalue weighted by Crippen LogP contribution is -2.48. The van der Waals surface area contributed by atoms with Crippen molar-refractivity contribution in [3.8, 4) is 0 Å². The number of rotatable bonds is 23. The average molecular weight is 575 g/mol. The molecule has 0 aliphatic carbocycles. The predicted molar refractivity (Wildman–Crippen MR) is 168 cm³/mol. The highest BCUT2D eigenvalue weighted by atomic mass is 16.5. The summed E-state index contributed by atoms with van der Waals surface area (Å²) < 4.78 is 19.8. The van der Waals surface area contributed by atoms with Crippen LogP contribution in [0.3, 0.4) is 0 Å². The molecule has 0 aromatic rings. The normalized spacial score (nSPS) is 23.1. The number of hydrogen-bond donors (Lipinski definition) is 3. The summed E-state index contributed by atoms with van der Waals surface area (Å²) in [7, 11) is 0. The minimum absolute atomic E-state index is 0.0111. The molecule has 0 spiro atoms. The molecule has 40 heavy (non-hydrogen) atoms. The molecule has 6 nitrogen and oxygen atoms in total. The molecule has 0 aromatic carbocycles. The molecule has 9 atom stereocenters. The molecule has 0 amide bonds. The minimum atomic E-state index is -0.768. The van der Waals surface area contributed by atoms with Crippen molar-refractivity contribution in [2.24, 2.45) is 17.8 Å². The van der Waals surface area contributed by atoms with E-state index in [1.807, 2.05) is 13.8 Å². The molecule has 0 heterocycles. The molecule has 242 valence electrons. The molecule has 0 rings (SSSR count). The SMILES string of the molecule is CCCC(O)(CC)C(C)COC(C)(CC)CC(CC(C)(CC)OCC(C)C(C)(O)CC)C(C)(CC)OCC(C)O. The zero-order valence-corrected chi connectivity index (χ0v) is 28.9. The third-order valence-electron chi connectivity index (χ3n) is 10.4. The zero-order chi connectivity index (χ0) is 31.4. The average Bonchev–Trinajstić information content (AvgIpc) is 2.92. The number of aliphatic hydroxyl groups is 3. The molecule has 0 aliphatic rings. The standard InChI is InChI=1S/C34H70O6/c1-14-20-34(37,19-6)27(8)24-39-31(11,16-3)22-29(33(13,18-5)40-25-28(9)35)21-30(10,15-2)38-23-26(7)32(12,36)17-4/h26-29,35-37H,14-25H2,1-13H3. The first-order valence-corrected chi connectivity index (χ1v) is 16.4. The van der Waals surface area contributed by atoms with Crippen molar-refractivity contribution in [3.63, 3.8) is 0 Å². The van der Waals surface area contributed by atoms with Crippen LogP contribution in [0.1, 0.15) is 148 Å². The van der Waals surface area contributed by atoms with Gasteiger partial charge in [0.05, 0.1) is 53.9 Å². The van der Waals surface area contributed by atoms with Crippen molar-refractivity contribution in [2.45, 2.75) is 182 Å². The lowest BCUT2D eigenvalue weighted by atomic mass is 9.72. The fourth-order valence-corrected chi connectivity index (χ4v) is 5.52. The molecule has 9 unspecified atom stereocenters. The Labute approximate surface area is 249 Å². The Kier molecular flexibility index (Phi) is 17.1. The summed E-state index contributed by atoms with van der Waals surface area (Å²) in [6.45, 7) is 28.3. The summed E-state index contributed by atoms with van der Waals surface area (Å²) in [5, 5.41) is 32.1. The molecule has 6 heteroatoms. The van der Waals surface area contributed by atoms with Gasteiger partial charge >= 0.3 is 0 Å². The number of ether oxygens (including phenoxy) is 3. The lowest BCUT2D eigenvalue weighted by molar-refractivity contribution is -0.163. The minimum Gasteiger partial charge on any atom is -0.391 e. The van der Waals surface area contributed by atoms with E-state index in [0.717, 1.165) is 44.9 Å². The maximum Gasteiger partial charge on any atom is 0.0745 e. The molecule has 0 fully saturated rings. The summed E-state index contributed by atoms with van der Waals surface area (Å²) in [5.41, 5.74) is -2.77. The van der Waals surface area contributed by atoms with E-state index in [1.54, 1.807) is 6.92 Å². The molecule has 3 N–H and O–H groups in total. The Morgan fingerprint density at radius 1 is 0.600 bits per heavy atom. The fraction of sp³-hybridized carbons (Fsp3) is 1.00. The summed E-state index contributed by atoms with van der Waals surface area (Å²) in [4.78, 5) is 0. The molecule has 0 aliphatic heterocycles. The van der Waals surface area contributed by atoms with Crippen molar-refractivity contribution < 1.29 is 29.5 Å². The van der Waals surface area contributed by atoms with Crippen LogP contribution < -0.4 is 0 Å². The summed E-state index contributed by atoms with van der Waals surface area (Å²) in [5.74, 6) is 0.143. The highest BCUT2D eigenvalue weighted by Crippen LogP contribution is 2.42. The first-order chi connectivity index (χ1) is 18.3. The third-order valence-corrected chi connectivity index (χ3v) is 10.4. The topological polar surface area (TPSA) is 88.4 Å². The zero-order valence-electron chi connectivity index (χ0n) is 28.9. The van der Waals surface area contributed by atoms with Crippen LogP contribution in [-0.4, -0.2) is 69.2 Å². The first kappa shape index (κ1) is 39.8. The second-order valence-electron chi connectivity index (χ2n) is 13.9. The van der Waals surface area contributed by atoms with E-state index in [9.17, 15) is 15.3 Å². The van der Waals surface area contributed by atoms with Crippen LogP contribution in [0.4, 0.5) is 0 Å². The second-order valence-corrected chi connectivity index (χ2v) is 13.9. The quantitative estimate of drug-likeness (QED) is 0.116. The predicted octanol–water partition coefficient (Wildman–Crippen LogP) is 7.69. The summed E-state index contributed by atoms with van der Waals surface area (Å²) in [6, 6.07) is 0.